The fourth-order valence-electron chi connectivity index (χ4n) is 2.62. The summed E-state index contributed by atoms with van der Waals surface area (Å²) < 4.78 is 0. The van der Waals surface area contributed by atoms with Gasteiger partial charge in [0.25, 0.3) is 0 Å². The molecule has 1 saturated carbocycles. The van der Waals surface area contributed by atoms with Gasteiger partial charge in [-0.15, -0.1) is 0 Å². The van der Waals surface area contributed by atoms with E-state index in [4.69, 9.17) is 0 Å². The molecule has 18 heavy (non-hydrogen) atoms. The molecule has 0 heterocycles. The molecule has 3 heteroatoms. The number of nitriles is 1. The second kappa shape index (κ2) is 6.78. The summed E-state index contributed by atoms with van der Waals surface area (Å²) in [7, 11) is 0. The van der Waals surface area contributed by atoms with E-state index < -0.39 is 5.41 Å². The van der Waals surface area contributed by atoms with Crippen LogP contribution in [0.15, 0.2) is 0 Å². The molecule has 0 aliphatic heterocycles. The molecule has 1 rings (SSSR count). The molecule has 1 aliphatic carbocycles. The quantitative estimate of drug-likeness (QED) is 0.719. The molecule has 1 fully saturated rings. The third-order valence-electron chi connectivity index (χ3n) is 4.01. The number of nitrogens with one attached hydrogen (secondary N) is 1. The van der Waals surface area contributed by atoms with Gasteiger partial charge in [-0.05, 0) is 37.5 Å². The first kappa shape index (κ1) is 15.0. The predicted octanol–water partition coefficient (Wildman–Crippen LogP) is 3.26. The molecule has 0 aromatic rings. The molecule has 1 N–H and O–H groups in total. The van der Waals surface area contributed by atoms with Crippen LogP contribution in [0.25, 0.3) is 0 Å². The van der Waals surface area contributed by atoms with Gasteiger partial charge in [0.05, 0.1) is 6.07 Å². The molecule has 0 aromatic heterocycles. The van der Waals surface area contributed by atoms with Crippen LogP contribution in [0, 0.1) is 28.6 Å². The lowest BCUT2D eigenvalue weighted by molar-refractivity contribution is -0.129. The molecule has 1 atom stereocenters. The van der Waals surface area contributed by atoms with Crippen molar-refractivity contribution in [2.75, 3.05) is 6.54 Å². The largest absolute Gasteiger partial charge is 0.354 e. The molecule has 102 valence electrons. The maximum Gasteiger partial charge on any atom is 0.240 e. The summed E-state index contributed by atoms with van der Waals surface area (Å²) in [5, 5.41) is 12.4. The van der Waals surface area contributed by atoms with Crippen molar-refractivity contribution in [3.63, 3.8) is 0 Å². The Morgan fingerprint density at radius 3 is 2.33 bits per heavy atom. The van der Waals surface area contributed by atoms with Crippen molar-refractivity contribution >= 4 is 5.91 Å². The van der Waals surface area contributed by atoms with E-state index in [1.807, 2.05) is 13.8 Å². The van der Waals surface area contributed by atoms with E-state index in [1.165, 1.54) is 12.8 Å². The molecule has 0 spiro atoms. The Hall–Kier alpha value is -1.04. The van der Waals surface area contributed by atoms with E-state index in [0.717, 1.165) is 25.3 Å². The highest BCUT2D eigenvalue weighted by Gasteiger charge is 2.37. The third-order valence-corrected chi connectivity index (χ3v) is 4.01. The van der Waals surface area contributed by atoms with Gasteiger partial charge in [0, 0.05) is 6.54 Å². The van der Waals surface area contributed by atoms with Crippen LogP contribution in [0.1, 0.15) is 59.3 Å². The van der Waals surface area contributed by atoms with Crippen LogP contribution in [0.5, 0.6) is 0 Å². The standard InChI is InChI=1S/C15H26N2O/c1-4-8-15(11-16,9-5-2)14(18)17-10-12(3)13-6-7-13/h12-13H,4-10H2,1-3H3,(H,17,18). The molecule has 0 saturated heterocycles. The Kier molecular flexibility index (Phi) is 5.65. The van der Waals surface area contributed by atoms with Crippen molar-refractivity contribution in [2.45, 2.75) is 59.3 Å². The summed E-state index contributed by atoms with van der Waals surface area (Å²) in [6.07, 6.45) is 5.68. The Balaban J connectivity index is 2.54. The lowest BCUT2D eigenvalue weighted by Crippen LogP contribution is -2.42. The summed E-state index contributed by atoms with van der Waals surface area (Å²) in [6.45, 7) is 6.97. The Labute approximate surface area is 111 Å². The van der Waals surface area contributed by atoms with Crippen molar-refractivity contribution in [3.8, 4) is 6.07 Å². The number of nitrogens with zero attached hydrogens (tertiary/aromatic N) is 1. The number of amides is 1. The SMILES string of the molecule is CCCC(C#N)(CCC)C(=O)NCC(C)C1CC1. The topological polar surface area (TPSA) is 52.9 Å². The molecule has 1 aliphatic rings. The zero-order valence-electron chi connectivity index (χ0n) is 12.0. The number of hydrogen-bond acceptors (Lipinski definition) is 2. The van der Waals surface area contributed by atoms with Crippen LogP contribution >= 0.6 is 0 Å². The third kappa shape index (κ3) is 3.73. The molecule has 0 radical (unpaired) electrons. The molecular formula is C15H26N2O. The first-order valence-electron chi connectivity index (χ1n) is 7.29. The maximum absolute atomic E-state index is 12.3. The average molecular weight is 250 g/mol. The van der Waals surface area contributed by atoms with Gasteiger partial charge in [-0.25, -0.2) is 0 Å². The average Bonchev–Trinajstić information content (AvgIpc) is 3.19. The van der Waals surface area contributed by atoms with Gasteiger partial charge in [-0.1, -0.05) is 33.6 Å². The molecule has 0 aromatic carbocycles. The van der Waals surface area contributed by atoms with E-state index in [0.29, 0.717) is 18.8 Å². The van der Waals surface area contributed by atoms with Crippen LogP contribution < -0.4 is 5.32 Å². The molecule has 0 bridgehead atoms. The normalized spacial score (nSPS) is 17.0. The monoisotopic (exact) mass is 250 g/mol. The summed E-state index contributed by atoms with van der Waals surface area (Å²) in [6, 6.07) is 2.27. The summed E-state index contributed by atoms with van der Waals surface area (Å²) >= 11 is 0. The van der Waals surface area contributed by atoms with Crippen molar-refractivity contribution in [1.82, 2.24) is 5.32 Å². The number of carbonyl (C=O) groups is 1. The Morgan fingerprint density at radius 2 is 1.94 bits per heavy atom. The summed E-state index contributed by atoms with van der Waals surface area (Å²) in [4.78, 5) is 12.3. The molecule has 3 nitrogen and oxygen atoms in total. The van der Waals surface area contributed by atoms with Gasteiger partial charge in [0.2, 0.25) is 5.91 Å². The van der Waals surface area contributed by atoms with Crippen LogP contribution in [0.2, 0.25) is 0 Å². The summed E-state index contributed by atoms with van der Waals surface area (Å²) in [5.74, 6) is 1.29. The van der Waals surface area contributed by atoms with E-state index in [2.05, 4.69) is 18.3 Å². The second-order valence-electron chi connectivity index (χ2n) is 5.72. The van der Waals surface area contributed by atoms with Crippen LogP contribution in [-0.4, -0.2) is 12.5 Å². The van der Waals surface area contributed by atoms with Crippen LogP contribution in [-0.2, 0) is 4.79 Å². The minimum Gasteiger partial charge on any atom is -0.354 e. The first-order valence-corrected chi connectivity index (χ1v) is 7.29. The van der Waals surface area contributed by atoms with Gasteiger partial charge in [-0.3, -0.25) is 4.79 Å². The fraction of sp³-hybridized carbons (Fsp3) is 0.867. The first-order chi connectivity index (χ1) is 8.59. The van der Waals surface area contributed by atoms with E-state index in [-0.39, 0.29) is 5.91 Å². The van der Waals surface area contributed by atoms with Crippen LogP contribution in [0.3, 0.4) is 0 Å². The van der Waals surface area contributed by atoms with Gasteiger partial charge in [0.15, 0.2) is 0 Å². The fourth-order valence-corrected chi connectivity index (χ4v) is 2.62. The zero-order valence-corrected chi connectivity index (χ0v) is 12.0. The van der Waals surface area contributed by atoms with Crippen molar-refractivity contribution in [3.05, 3.63) is 0 Å². The van der Waals surface area contributed by atoms with Crippen molar-refractivity contribution in [2.24, 2.45) is 17.3 Å². The van der Waals surface area contributed by atoms with Gasteiger partial charge < -0.3 is 5.32 Å². The highest BCUT2D eigenvalue weighted by atomic mass is 16.2. The van der Waals surface area contributed by atoms with Gasteiger partial charge >= 0.3 is 0 Å². The Morgan fingerprint density at radius 1 is 1.39 bits per heavy atom. The van der Waals surface area contributed by atoms with Crippen molar-refractivity contribution in [1.29, 1.82) is 5.26 Å². The molecule has 1 unspecified atom stereocenters. The second-order valence-corrected chi connectivity index (χ2v) is 5.72. The van der Waals surface area contributed by atoms with Gasteiger partial charge in [-0.2, -0.15) is 5.26 Å². The highest BCUT2D eigenvalue weighted by molar-refractivity contribution is 5.85. The van der Waals surface area contributed by atoms with Crippen molar-refractivity contribution < 1.29 is 4.79 Å². The number of rotatable bonds is 8. The molecular weight excluding hydrogens is 224 g/mol. The predicted molar refractivity (Wildman–Crippen MR) is 72.8 cm³/mol. The minimum absolute atomic E-state index is 0.0544. The smallest absolute Gasteiger partial charge is 0.240 e. The maximum atomic E-state index is 12.3. The molecule has 1 amide bonds. The zero-order chi connectivity index (χ0) is 13.6. The van der Waals surface area contributed by atoms with E-state index in [1.54, 1.807) is 0 Å². The van der Waals surface area contributed by atoms with E-state index >= 15 is 0 Å². The Bertz CT molecular complexity index is 309. The van der Waals surface area contributed by atoms with Crippen LogP contribution in [0.4, 0.5) is 0 Å². The van der Waals surface area contributed by atoms with E-state index in [9.17, 15) is 10.1 Å². The lowest BCUT2D eigenvalue weighted by Gasteiger charge is -2.25. The minimum atomic E-state index is -0.799. The van der Waals surface area contributed by atoms with Gasteiger partial charge in [0.1, 0.15) is 5.41 Å². The highest BCUT2D eigenvalue weighted by Crippen LogP contribution is 2.36. The number of carbonyl (C=O) groups excluding carboxylic acids is 1. The summed E-state index contributed by atoms with van der Waals surface area (Å²) in [5.41, 5.74) is -0.799. The number of hydrogen-bond donors (Lipinski definition) is 1. The lowest BCUT2D eigenvalue weighted by atomic mass is 9.79.